The van der Waals surface area contributed by atoms with Gasteiger partial charge in [0.25, 0.3) is 0 Å². The van der Waals surface area contributed by atoms with Gasteiger partial charge in [-0.25, -0.2) is 9.97 Å². The summed E-state index contributed by atoms with van der Waals surface area (Å²) in [6.45, 7) is 0. The Bertz CT molecular complexity index is 2870. The lowest BCUT2D eigenvalue weighted by Gasteiger charge is -2.10. The van der Waals surface area contributed by atoms with E-state index in [0.29, 0.717) is 12.0 Å². The minimum absolute atomic E-state index is 0.631. The van der Waals surface area contributed by atoms with Gasteiger partial charge in [0, 0.05) is 32.2 Å². The van der Waals surface area contributed by atoms with Crippen LogP contribution < -0.4 is 0 Å². The van der Waals surface area contributed by atoms with Crippen molar-refractivity contribution in [2.75, 3.05) is 0 Å². The highest BCUT2D eigenvalue weighted by Gasteiger charge is 2.20. The van der Waals surface area contributed by atoms with Crippen molar-refractivity contribution in [3.05, 3.63) is 169 Å². The van der Waals surface area contributed by atoms with Crippen molar-refractivity contribution >= 4 is 64.4 Å². The van der Waals surface area contributed by atoms with Gasteiger partial charge in [0.05, 0.1) is 5.39 Å². The Hall–Kier alpha value is -6.10. The van der Waals surface area contributed by atoms with Crippen LogP contribution in [0.1, 0.15) is 11.4 Å². The number of hydrogen-bond acceptors (Lipinski definition) is 4. The molecule has 0 aliphatic rings. The van der Waals surface area contributed by atoms with Gasteiger partial charge in [-0.3, -0.25) is 0 Å². The fraction of sp³-hybridized carbons (Fsp3) is 0.0222. The number of furan rings is 1. The number of aromatic nitrogens is 2. The van der Waals surface area contributed by atoms with E-state index in [1.165, 1.54) is 36.9 Å². The largest absolute Gasteiger partial charge is 0.452 e. The number of fused-ring (bicyclic) bond motifs is 8. The van der Waals surface area contributed by atoms with Crippen LogP contribution in [0.25, 0.3) is 86.5 Å². The molecule has 230 valence electrons. The molecule has 0 bridgehead atoms. The fourth-order valence-electron chi connectivity index (χ4n) is 7.19. The summed E-state index contributed by atoms with van der Waals surface area (Å²) in [6, 6.07) is 55.9. The Morgan fingerprint density at radius 3 is 2.10 bits per heavy atom. The number of hydrogen-bond donors (Lipinski definition) is 0. The van der Waals surface area contributed by atoms with Crippen LogP contribution >= 0.6 is 11.3 Å². The van der Waals surface area contributed by atoms with E-state index < -0.39 is 0 Å². The van der Waals surface area contributed by atoms with Gasteiger partial charge >= 0.3 is 0 Å². The Labute approximate surface area is 286 Å². The third-order valence-corrected chi connectivity index (χ3v) is 10.7. The van der Waals surface area contributed by atoms with E-state index in [0.717, 1.165) is 55.5 Å². The second-order valence-electron chi connectivity index (χ2n) is 12.5. The summed E-state index contributed by atoms with van der Waals surface area (Å²) >= 11 is 1.86. The molecular weight excluding hydrogens is 617 g/mol. The molecule has 7 aromatic carbocycles. The maximum absolute atomic E-state index is 6.62. The van der Waals surface area contributed by atoms with Crippen molar-refractivity contribution in [3.63, 3.8) is 0 Å². The molecule has 10 rings (SSSR count). The van der Waals surface area contributed by atoms with Crippen LogP contribution in [-0.2, 0) is 6.42 Å². The molecule has 0 radical (unpaired) electrons. The first-order valence-electron chi connectivity index (χ1n) is 16.5. The molecular formula is C45H28N2OS. The van der Waals surface area contributed by atoms with E-state index in [9.17, 15) is 0 Å². The molecule has 0 unspecified atom stereocenters. The summed E-state index contributed by atoms with van der Waals surface area (Å²) in [5.74, 6) is 0.771. The van der Waals surface area contributed by atoms with Crippen molar-refractivity contribution < 1.29 is 4.42 Å². The second-order valence-corrected chi connectivity index (χ2v) is 13.6. The van der Waals surface area contributed by atoms with Crippen LogP contribution in [0.3, 0.4) is 0 Å². The maximum atomic E-state index is 6.62. The minimum atomic E-state index is 0.631. The standard InChI is InChI=1S/C45H28N2OS/c1-2-11-28(12-3-1)25-40-46-42(44-43(47-40)41-34-18-5-4-13-29(34)23-24-38(41)48-44)33-17-9-15-31(27-33)30-14-8-16-32(26-30)35-20-10-21-37-36-19-6-7-22-39(36)49-45(35)37/h1-24,26-27H,25H2. The predicted octanol–water partition coefficient (Wildman–Crippen LogP) is 12.5. The smallest absolute Gasteiger partial charge is 0.180 e. The van der Waals surface area contributed by atoms with Gasteiger partial charge in [-0.15, -0.1) is 11.3 Å². The topological polar surface area (TPSA) is 38.9 Å². The lowest BCUT2D eigenvalue weighted by atomic mass is 9.96. The van der Waals surface area contributed by atoms with Gasteiger partial charge in [-0.05, 0) is 62.9 Å². The Morgan fingerprint density at radius 1 is 0.531 bits per heavy atom. The monoisotopic (exact) mass is 644 g/mol. The first kappa shape index (κ1) is 28.0. The van der Waals surface area contributed by atoms with Crippen LogP contribution in [0.15, 0.2) is 162 Å². The molecule has 0 saturated carbocycles. The van der Waals surface area contributed by atoms with Crippen LogP contribution in [0.5, 0.6) is 0 Å². The molecule has 3 aromatic heterocycles. The van der Waals surface area contributed by atoms with Gasteiger partial charge < -0.3 is 4.42 Å². The van der Waals surface area contributed by atoms with Crippen molar-refractivity contribution in [1.82, 2.24) is 9.97 Å². The number of rotatable bonds is 5. The molecule has 0 N–H and O–H groups in total. The summed E-state index contributed by atoms with van der Waals surface area (Å²) in [7, 11) is 0. The van der Waals surface area contributed by atoms with Crippen LogP contribution in [-0.4, -0.2) is 9.97 Å². The third kappa shape index (κ3) is 4.72. The van der Waals surface area contributed by atoms with E-state index in [-0.39, 0.29) is 0 Å². The zero-order valence-corrected chi connectivity index (χ0v) is 27.2. The van der Waals surface area contributed by atoms with Crippen molar-refractivity contribution in [2.45, 2.75) is 6.42 Å². The van der Waals surface area contributed by atoms with Crippen molar-refractivity contribution in [1.29, 1.82) is 0 Å². The maximum Gasteiger partial charge on any atom is 0.180 e. The average Bonchev–Trinajstić information content (AvgIpc) is 3.74. The van der Waals surface area contributed by atoms with Gasteiger partial charge in [-0.2, -0.15) is 0 Å². The van der Waals surface area contributed by atoms with Gasteiger partial charge in [0.1, 0.15) is 22.6 Å². The summed E-state index contributed by atoms with van der Waals surface area (Å²) in [5, 5.41) is 5.95. The molecule has 0 aliphatic carbocycles. The average molecular weight is 645 g/mol. The van der Waals surface area contributed by atoms with Crippen molar-refractivity contribution in [2.24, 2.45) is 0 Å². The zero-order chi connectivity index (χ0) is 32.3. The lowest BCUT2D eigenvalue weighted by molar-refractivity contribution is 0.666. The summed E-state index contributed by atoms with van der Waals surface area (Å²) in [6.07, 6.45) is 0.631. The van der Waals surface area contributed by atoms with Crippen LogP contribution in [0, 0.1) is 0 Å². The fourth-order valence-corrected chi connectivity index (χ4v) is 8.43. The van der Waals surface area contributed by atoms with Gasteiger partial charge in [0.15, 0.2) is 5.58 Å². The highest BCUT2D eigenvalue weighted by Crippen LogP contribution is 2.42. The Kier molecular flexibility index (Phi) is 6.42. The third-order valence-electron chi connectivity index (χ3n) is 9.50. The highest BCUT2D eigenvalue weighted by atomic mass is 32.1. The second kappa shape index (κ2) is 11.3. The van der Waals surface area contributed by atoms with Crippen molar-refractivity contribution in [3.8, 4) is 33.5 Å². The molecule has 10 aromatic rings. The summed E-state index contributed by atoms with van der Waals surface area (Å²) in [4.78, 5) is 10.4. The lowest BCUT2D eigenvalue weighted by Crippen LogP contribution is -1.99. The Morgan fingerprint density at radius 2 is 1.22 bits per heavy atom. The van der Waals surface area contributed by atoms with Gasteiger partial charge in [-0.1, -0.05) is 133 Å². The molecule has 0 spiro atoms. The number of benzene rings is 7. The number of nitrogens with zero attached hydrogens (tertiary/aromatic N) is 2. The minimum Gasteiger partial charge on any atom is -0.452 e. The summed E-state index contributed by atoms with van der Waals surface area (Å²) in [5.41, 5.74) is 10.1. The first-order valence-corrected chi connectivity index (χ1v) is 17.3. The number of thiophene rings is 1. The van der Waals surface area contributed by atoms with E-state index >= 15 is 0 Å². The highest BCUT2D eigenvalue weighted by molar-refractivity contribution is 7.26. The van der Waals surface area contributed by atoms with E-state index in [4.69, 9.17) is 14.4 Å². The molecule has 0 atom stereocenters. The predicted molar refractivity (Wildman–Crippen MR) is 205 cm³/mol. The molecule has 0 saturated heterocycles. The molecule has 49 heavy (non-hydrogen) atoms. The molecule has 0 amide bonds. The molecule has 0 fully saturated rings. The van der Waals surface area contributed by atoms with Crippen LogP contribution in [0.4, 0.5) is 0 Å². The first-order chi connectivity index (χ1) is 24.3. The zero-order valence-electron chi connectivity index (χ0n) is 26.4. The van der Waals surface area contributed by atoms with E-state index in [1.807, 2.05) is 17.4 Å². The SMILES string of the molecule is c1ccc(Cc2nc(-c3cccc(-c4cccc(-c5cccc6c5sc5ccccc56)c4)c3)c3oc4ccc5ccccc5c4c3n2)cc1. The van der Waals surface area contributed by atoms with Crippen LogP contribution in [0.2, 0.25) is 0 Å². The Balaban J connectivity index is 1.13. The quantitative estimate of drug-likeness (QED) is 0.187. The van der Waals surface area contributed by atoms with E-state index in [2.05, 4.69) is 152 Å². The van der Waals surface area contributed by atoms with E-state index in [1.54, 1.807) is 0 Å². The molecule has 3 heterocycles. The van der Waals surface area contributed by atoms with Gasteiger partial charge in [0.2, 0.25) is 0 Å². The molecule has 3 nitrogen and oxygen atoms in total. The summed E-state index contributed by atoms with van der Waals surface area (Å²) < 4.78 is 9.25. The molecule has 4 heteroatoms. The molecule has 0 aliphatic heterocycles. The normalized spacial score (nSPS) is 11.8.